The van der Waals surface area contributed by atoms with Gasteiger partial charge in [0.1, 0.15) is 18.2 Å². The van der Waals surface area contributed by atoms with Crippen molar-refractivity contribution in [2.24, 2.45) is 0 Å². The van der Waals surface area contributed by atoms with Crippen LogP contribution in [0.1, 0.15) is 16.7 Å². The average molecular weight is 354 g/mol. The first-order valence-electron chi connectivity index (χ1n) is 6.23. The molecule has 0 saturated heterocycles. The predicted octanol–water partition coefficient (Wildman–Crippen LogP) is 4.52. The molecular weight excluding hydrogens is 341 g/mol. The van der Waals surface area contributed by atoms with E-state index in [2.05, 4.69) is 15.9 Å². The molecule has 0 aliphatic carbocycles. The Hall–Kier alpha value is -1.95. The summed E-state index contributed by atoms with van der Waals surface area (Å²) < 4.78 is 18.8. The van der Waals surface area contributed by atoms with Gasteiger partial charge >= 0.3 is 0 Å². The van der Waals surface area contributed by atoms with Gasteiger partial charge in [-0.2, -0.15) is 0 Å². The Kier molecular flexibility index (Phi) is 4.90. The first-order valence-corrected chi connectivity index (χ1v) is 7.35. The van der Waals surface area contributed by atoms with Crippen molar-refractivity contribution in [1.82, 2.24) is 0 Å². The Morgan fingerprint density at radius 1 is 1.29 bits per heavy atom. The fourth-order valence-corrected chi connectivity index (χ4v) is 2.41. The van der Waals surface area contributed by atoms with E-state index in [1.807, 2.05) is 0 Å². The highest BCUT2D eigenvalue weighted by molar-refractivity contribution is 9.08. The van der Waals surface area contributed by atoms with Crippen LogP contribution in [0.2, 0.25) is 0 Å². The van der Waals surface area contributed by atoms with E-state index in [9.17, 15) is 14.5 Å². The van der Waals surface area contributed by atoms with Gasteiger partial charge in [-0.3, -0.25) is 10.1 Å². The van der Waals surface area contributed by atoms with Crippen molar-refractivity contribution in [2.45, 2.75) is 18.9 Å². The zero-order valence-corrected chi connectivity index (χ0v) is 12.9. The van der Waals surface area contributed by atoms with Crippen LogP contribution in [0, 0.1) is 22.9 Å². The molecular formula is C15H13BrFNO3. The molecule has 6 heteroatoms. The maximum Gasteiger partial charge on any atom is 0.272 e. The first-order chi connectivity index (χ1) is 10.0. The number of rotatable bonds is 5. The summed E-state index contributed by atoms with van der Waals surface area (Å²) >= 11 is 3.28. The zero-order valence-electron chi connectivity index (χ0n) is 11.3. The normalized spacial score (nSPS) is 10.4. The molecule has 0 radical (unpaired) electrons. The summed E-state index contributed by atoms with van der Waals surface area (Å²) in [6, 6.07) is 9.13. The van der Waals surface area contributed by atoms with Gasteiger partial charge in [-0.15, -0.1) is 0 Å². The van der Waals surface area contributed by atoms with Crippen LogP contribution in [0.25, 0.3) is 0 Å². The lowest BCUT2D eigenvalue weighted by Crippen LogP contribution is -2.02. The second kappa shape index (κ2) is 6.67. The maximum absolute atomic E-state index is 13.2. The predicted molar refractivity (Wildman–Crippen MR) is 81.2 cm³/mol. The van der Waals surface area contributed by atoms with Crippen molar-refractivity contribution in [1.29, 1.82) is 0 Å². The molecule has 0 aromatic heterocycles. The fraction of sp³-hybridized carbons (Fsp3) is 0.200. The van der Waals surface area contributed by atoms with Gasteiger partial charge in [0.05, 0.1) is 4.92 Å². The van der Waals surface area contributed by atoms with E-state index >= 15 is 0 Å². The summed E-state index contributed by atoms with van der Waals surface area (Å²) in [6.45, 7) is 1.88. The minimum atomic E-state index is -0.416. The molecule has 21 heavy (non-hydrogen) atoms. The summed E-state index contributed by atoms with van der Waals surface area (Å²) in [5.74, 6) is 0.225. The van der Waals surface area contributed by atoms with Crippen molar-refractivity contribution in [3.63, 3.8) is 0 Å². The van der Waals surface area contributed by atoms with Gasteiger partial charge in [-0.1, -0.05) is 28.1 Å². The molecule has 0 fully saturated rings. The third-order valence-corrected chi connectivity index (χ3v) is 3.77. The molecule has 2 rings (SSSR count). The van der Waals surface area contributed by atoms with Crippen LogP contribution in [0.15, 0.2) is 36.4 Å². The van der Waals surface area contributed by atoms with E-state index < -0.39 is 4.92 Å². The van der Waals surface area contributed by atoms with Crippen LogP contribution in [0.3, 0.4) is 0 Å². The molecule has 0 aliphatic heterocycles. The summed E-state index contributed by atoms with van der Waals surface area (Å²) in [5, 5.41) is 11.4. The number of alkyl halides is 1. The summed E-state index contributed by atoms with van der Waals surface area (Å²) in [6.07, 6.45) is 0. The van der Waals surface area contributed by atoms with Gasteiger partial charge in [-0.25, -0.2) is 4.39 Å². The average Bonchev–Trinajstić information content (AvgIpc) is 2.46. The highest BCUT2D eigenvalue weighted by Gasteiger charge is 2.14. The Labute approximate surface area is 129 Å². The molecule has 0 N–H and O–H groups in total. The Morgan fingerprint density at radius 2 is 2.05 bits per heavy atom. The van der Waals surface area contributed by atoms with Crippen LogP contribution < -0.4 is 4.74 Å². The quantitative estimate of drug-likeness (QED) is 0.451. The van der Waals surface area contributed by atoms with E-state index in [-0.39, 0.29) is 18.1 Å². The number of nitro benzene ring substituents is 1. The highest BCUT2D eigenvalue weighted by atomic mass is 79.9. The van der Waals surface area contributed by atoms with E-state index in [4.69, 9.17) is 4.74 Å². The van der Waals surface area contributed by atoms with Crippen LogP contribution in [-0.2, 0) is 11.9 Å². The number of hydrogen-bond donors (Lipinski definition) is 0. The molecule has 0 saturated carbocycles. The molecule has 0 spiro atoms. The number of nitrogens with zero attached hydrogens (tertiary/aromatic N) is 1. The Morgan fingerprint density at radius 3 is 2.71 bits per heavy atom. The number of halogens is 2. The first kappa shape index (κ1) is 15.4. The summed E-state index contributed by atoms with van der Waals surface area (Å²) in [7, 11) is 0. The number of benzene rings is 2. The van der Waals surface area contributed by atoms with E-state index in [1.54, 1.807) is 25.1 Å². The van der Waals surface area contributed by atoms with Crippen LogP contribution >= 0.6 is 15.9 Å². The fourth-order valence-electron chi connectivity index (χ4n) is 1.97. The van der Waals surface area contributed by atoms with Crippen molar-refractivity contribution in [3.05, 3.63) is 69.0 Å². The van der Waals surface area contributed by atoms with Crippen LogP contribution in [-0.4, -0.2) is 4.92 Å². The monoisotopic (exact) mass is 353 g/mol. The van der Waals surface area contributed by atoms with Crippen molar-refractivity contribution in [3.8, 4) is 5.75 Å². The Balaban J connectivity index is 2.21. The molecule has 0 aliphatic rings. The maximum atomic E-state index is 13.2. The number of hydrogen-bond acceptors (Lipinski definition) is 3. The second-order valence-electron chi connectivity index (χ2n) is 4.49. The lowest BCUT2D eigenvalue weighted by atomic mass is 10.1. The third-order valence-electron chi connectivity index (χ3n) is 3.16. The van der Waals surface area contributed by atoms with Gasteiger partial charge < -0.3 is 4.74 Å². The van der Waals surface area contributed by atoms with E-state index in [0.29, 0.717) is 22.2 Å². The molecule has 2 aromatic rings. The highest BCUT2D eigenvalue weighted by Crippen LogP contribution is 2.26. The largest absolute Gasteiger partial charge is 0.489 e. The molecule has 4 nitrogen and oxygen atoms in total. The molecule has 0 amide bonds. The number of ether oxygens (including phenoxy) is 1. The lowest BCUT2D eigenvalue weighted by molar-refractivity contribution is -0.385. The number of nitro groups is 1. The van der Waals surface area contributed by atoms with E-state index in [1.165, 1.54) is 18.2 Å². The molecule has 0 atom stereocenters. The smallest absolute Gasteiger partial charge is 0.272 e. The van der Waals surface area contributed by atoms with Gasteiger partial charge in [-0.05, 0) is 30.7 Å². The topological polar surface area (TPSA) is 52.4 Å². The van der Waals surface area contributed by atoms with Gasteiger partial charge in [0.25, 0.3) is 5.69 Å². The minimum Gasteiger partial charge on any atom is -0.489 e. The molecule has 0 unspecified atom stereocenters. The van der Waals surface area contributed by atoms with Crippen molar-refractivity contribution in [2.75, 3.05) is 0 Å². The Bertz CT molecular complexity index is 676. The molecule has 0 heterocycles. The van der Waals surface area contributed by atoms with Crippen LogP contribution in [0.4, 0.5) is 10.1 Å². The second-order valence-corrected chi connectivity index (χ2v) is 5.05. The summed E-state index contributed by atoms with van der Waals surface area (Å²) in [4.78, 5) is 10.5. The zero-order chi connectivity index (χ0) is 15.4. The summed E-state index contributed by atoms with van der Waals surface area (Å²) in [5.41, 5.74) is 2.06. The molecule has 0 bridgehead atoms. The van der Waals surface area contributed by atoms with E-state index in [0.717, 1.165) is 5.56 Å². The standard InChI is InChI=1S/C15H13BrFNO3/c1-10-11(3-2-4-14(10)18(19)20)9-21-15-6-5-13(17)7-12(15)8-16/h2-7H,8-9H2,1H3. The van der Waals surface area contributed by atoms with Crippen molar-refractivity contribution >= 4 is 21.6 Å². The molecule has 2 aromatic carbocycles. The van der Waals surface area contributed by atoms with Gasteiger partial charge in [0, 0.05) is 22.5 Å². The van der Waals surface area contributed by atoms with Gasteiger partial charge in [0.2, 0.25) is 0 Å². The minimum absolute atomic E-state index is 0.0657. The lowest BCUT2D eigenvalue weighted by Gasteiger charge is -2.11. The van der Waals surface area contributed by atoms with Crippen LogP contribution in [0.5, 0.6) is 5.75 Å². The van der Waals surface area contributed by atoms with Crippen molar-refractivity contribution < 1.29 is 14.1 Å². The SMILES string of the molecule is Cc1c(COc2ccc(F)cc2CBr)cccc1[N+](=O)[O-]. The third kappa shape index (κ3) is 3.58. The molecule has 110 valence electrons. The van der Waals surface area contributed by atoms with Gasteiger partial charge in [0.15, 0.2) is 0 Å².